The summed E-state index contributed by atoms with van der Waals surface area (Å²) in [5, 5.41) is 41.0. The van der Waals surface area contributed by atoms with Crippen LogP contribution in [0.25, 0.3) is 0 Å². The van der Waals surface area contributed by atoms with Gasteiger partial charge in [-0.3, -0.25) is 9.59 Å². The van der Waals surface area contributed by atoms with Crippen LogP contribution in [0.5, 0.6) is 0 Å². The molecule has 2 aromatic carbocycles. The van der Waals surface area contributed by atoms with Crippen LogP contribution in [0.15, 0.2) is 60.7 Å². The molecule has 0 bridgehead atoms. The Hall–Kier alpha value is -2.71. The largest absolute Gasteiger partial charge is 0.386 e. The molecule has 0 saturated heterocycles. The van der Waals surface area contributed by atoms with E-state index in [9.17, 15) is 34.8 Å². The number of ketones is 2. The van der Waals surface area contributed by atoms with Crippen LogP contribution in [0, 0.1) is 0 Å². The van der Waals surface area contributed by atoms with Crippen LogP contribution in [0.3, 0.4) is 0 Å². The van der Waals surface area contributed by atoms with Crippen molar-refractivity contribution in [3.63, 3.8) is 0 Å². The minimum absolute atomic E-state index is 0.0224. The van der Waals surface area contributed by atoms with Crippen molar-refractivity contribution in [2.45, 2.75) is 23.9 Å². The van der Waals surface area contributed by atoms with Gasteiger partial charge in [0.15, 0.2) is 23.5 Å². The Labute approximate surface area is 149 Å². The Morgan fingerprint density at radius 2 is 1.31 bits per heavy atom. The van der Waals surface area contributed by atoms with Crippen molar-refractivity contribution in [2.75, 3.05) is 0 Å². The molecule has 0 amide bonds. The molecule has 4 atom stereocenters. The molecule has 0 aliphatic rings. The number of carbonyl (C=O) groups excluding carboxylic acids is 3. The highest BCUT2D eigenvalue weighted by molar-refractivity contribution is 6.06. The second-order valence-electron chi connectivity index (χ2n) is 5.72. The van der Waals surface area contributed by atoms with Crippen LogP contribution >= 0.6 is 0 Å². The minimum Gasteiger partial charge on any atom is -0.386 e. The lowest BCUT2D eigenvalue weighted by molar-refractivity contribution is -0.152. The maximum atomic E-state index is 12.6. The zero-order chi connectivity index (χ0) is 19.3. The normalized spacial score (nSPS) is 16.8. The number of carbonyl (C=O) groups is 3. The van der Waals surface area contributed by atoms with Gasteiger partial charge in [-0.05, 0) is 0 Å². The van der Waals surface area contributed by atoms with E-state index in [-0.39, 0.29) is 17.4 Å². The summed E-state index contributed by atoms with van der Waals surface area (Å²) in [6.07, 6.45) is -7.19. The van der Waals surface area contributed by atoms with Gasteiger partial charge in [-0.15, -0.1) is 0 Å². The van der Waals surface area contributed by atoms with Crippen molar-refractivity contribution in [1.82, 2.24) is 0 Å². The summed E-state index contributed by atoms with van der Waals surface area (Å²) in [6, 6.07) is 14.5. The standard InChI is InChI=1S/C19H18O7/c20-11-14(21)19(26,17(24)13-9-5-2-6-10-13)18(25)16(23)15(22)12-7-3-1-4-8-12/h1-11,14,16,18,21,23,25-26H/t14-,16?,18+,19+/m0/s1. The van der Waals surface area contributed by atoms with E-state index in [1.54, 1.807) is 12.1 Å². The quantitative estimate of drug-likeness (QED) is 0.378. The first-order chi connectivity index (χ1) is 12.3. The highest BCUT2D eigenvalue weighted by Gasteiger charge is 2.53. The predicted octanol–water partition coefficient (Wildman–Crippen LogP) is -0.235. The highest BCUT2D eigenvalue weighted by Crippen LogP contribution is 2.25. The van der Waals surface area contributed by atoms with Crippen LogP contribution in [-0.4, -0.2) is 62.2 Å². The number of hydrogen-bond acceptors (Lipinski definition) is 7. The first-order valence-electron chi connectivity index (χ1n) is 7.75. The molecule has 7 nitrogen and oxygen atoms in total. The molecular weight excluding hydrogens is 340 g/mol. The Morgan fingerprint density at radius 1 is 0.846 bits per heavy atom. The van der Waals surface area contributed by atoms with Gasteiger partial charge in [0.2, 0.25) is 0 Å². The average Bonchev–Trinajstić information content (AvgIpc) is 2.71. The molecule has 0 fully saturated rings. The topological polar surface area (TPSA) is 132 Å². The summed E-state index contributed by atoms with van der Waals surface area (Å²) in [5.74, 6) is -2.18. The fourth-order valence-electron chi connectivity index (χ4n) is 2.53. The zero-order valence-corrected chi connectivity index (χ0v) is 13.6. The van der Waals surface area contributed by atoms with Crippen molar-refractivity contribution in [1.29, 1.82) is 0 Å². The first-order valence-corrected chi connectivity index (χ1v) is 7.75. The second-order valence-corrected chi connectivity index (χ2v) is 5.72. The molecule has 2 aromatic rings. The summed E-state index contributed by atoms with van der Waals surface area (Å²) >= 11 is 0. The molecule has 0 aromatic heterocycles. The molecule has 7 heteroatoms. The van der Waals surface area contributed by atoms with Gasteiger partial charge in [0.25, 0.3) is 0 Å². The van der Waals surface area contributed by atoms with Gasteiger partial charge in [0.1, 0.15) is 18.3 Å². The lowest BCUT2D eigenvalue weighted by Gasteiger charge is -2.35. The third kappa shape index (κ3) is 3.61. The third-order valence-corrected chi connectivity index (χ3v) is 4.06. The monoisotopic (exact) mass is 358 g/mol. The number of rotatable bonds is 8. The SMILES string of the molecule is O=C[C@H](O)[C@@](O)(C(=O)c1ccccc1)[C@H](O)C(O)C(=O)c1ccccc1. The smallest absolute Gasteiger partial charge is 0.200 e. The predicted molar refractivity (Wildman–Crippen MR) is 90.6 cm³/mol. The van der Waals surface area contributed by atoms with Gasteiger partial charge in [0.05, 0.1) is 0 Å². The van der Waals surface area contributed by atoms with Crippen LogP contribution in [-0.2, 0) is 4.79 Å². The molecule has 0 saturated carbocycles. The molecule has 2 rings (SSSR count). The maximum absolute atomic E-state index is 12.6. The Balaban J connectivity index is 2.41. The molecule has 4 N–H and O–H groups in total. The number of aldehydes is 1. The lowest BCUT2D eigenvalue weighted by atomic mass is 9.79. The molecule has 136 valence electrons. The lowest BCUT2D eigenvalue weighted by Crippen LogP contribution is -2.63. The summed E-state index contributed by atoms with van der Waals surface area (Å²) in [6.45, 7) is 0. The maximum Gasteiger partial charge on any atom is 0.200 e. The van der Waals surface area contributed by atoms with E-state index < -0.39 is 35.5 Å². The molecule has 1 unspecified atom stereocenters. The van der Waals surface area contributed by atoms with E-state index in [1.165, 1.54) is 48.5 Å². The zero-order valence-electron chi connectivity index (χ0n) is 13.6. The second kappa shape index (κ2) is 8.11. The highest BCUT2D eigenvalue weighted by atomic mass is 16.4. The van der Waals surface area contributed by atoms with Crippen LogP contribution in [0.2, 0.25) is 0 Å². The molecule has 0 aliphatic carbocycles. The molecule has 0 heterocycles. The minimum atomic E-state index is -3.10. The van der Waals surface area contributed by atoms with Crippen LogP contribution in [0.4, 0.5) is 0 Å². The fraction of sp³-hybridized carbons (Fsp3) is 0.211. The summed E-state index contributed by atoms with van der Waals surface area (Å²) in [4.78, 5) is 35.9. The van der Waals surface area contributed by atoms with E-state index in [1.807, 2.05) is 0 Å². The number of benzene rings is 2. The van der Waals surface area contributed by atoms with E-state index in [0.29, 0.717) is 0 Å². The van der Waals surface area contributed by atoms with Gasteiger partial charge in [-0.25, -0.2) is 0 Å². The number of Topliss-reactive ketones (excluding diaryl/α,β-unsaturated/α-hetero) is 2. The van der Waals surface area contributed by atoms with E-state index in [0.717, 1.165) is 0 Å². The third-order valence-electron chi connectivity index (χ3n) is 4.06. The molecule has 0 spiro atoms. The summed E-state index contributed by atoms with van der Waals surface area (Å²) < 4.78 is 0. The van der Waals surface area contributed by atoms with Crippen molar-refractivity contribution < 1.29 is 34.8 Å². The van der Waals surface area contributed by atoms with E-state index >= 15 is 0 Å². The Morgan fingerprint density at radius 3 is 1.77 bits per heavy atom. The first kappa shape index (κ1) is 19.6. The van der Waals surface area contributed by atoms with Crippen molar-refractivity contribution in [2.24, 2.45) is 0 Å². The van der Waals surface area contributed by atoms with Gasteiger partial charge in [0, 0.05) is 11.1 Å². The fourth-order valence-corrected chi connectivity index (χ4v) is 2.53. The van der Waals surface area contributed by atoms with E-state index in [4.69, 9.17) is 0 Å². The molecule has 0 radical (unpaired) electrons. The van der Waals surface area contributed by atoms with E-state index in [2.05, 4.69) is 0 Å². The van der Waals surface area contributed by atoms with Crippen LogP contribution in [0.1, 0.15) is 20.7 Å². The summed E-state index contributed by atoms with van der Waals surface area (Å²) in [5.41, 5.74) is -3.20. The van der Waals surface area contributed by atoms with Gasteiger partial charge in [-0.1, -0.05) is 60.7 Å². The van der Waals surface area contributed by atoms with Crippen molar-refractivity contribution >= 4 is 17.9 Å². The molecule has 26 heavy (non-hydrogen) atoms. The van der Waals surface area contributed by atoms with Crippen molar-refractivity contribution in [3.05, 3.63) is 71.8 Å². The Bertz CT molecular complexity index is 775. The van der Waals surface area contributed by atoms with Gasteiger partial charge < -0.3 is 25.2 Å². The number of aliphatic hydroxyl groups excluding tert-OH is 3. The van der Waals surface area contributed by atoms with Crippen LogP contribution < -0.4 is 0 Å². The number of aliphatic hydroxyl groups is 4. The average molecular weight is 358 g/mol. The summed E-state index contributed by atoms with van der Waals surface area (Å²) in [7, 11) is 0. The molecular formula is C19H18O7. The van der Waals surface area contributed by atoms with Crippen molar-refractivity contribution in [3.8, 4) is 0 Å². The van der Waals surface area contributed by atoms with Gasteiger partial charge in [-0.2, -0.15) is 0 Å². The number of hydrogen-bond donors (Lipinski definition) is 4. The molecule has 0 aliphatic heterocycles. The van der Waals surface area contributed by atoms with Gasteiger partial charge >= 0.3 is 0 Å². The Kier molecular flexibility index (Phi) is 6.12.